The largest absolute Gasteiger partial charge is 0.472 e. The third-order valence-electron chi connectivity index (χ3n) is 16.0. The highest BCUT2D eigenvalue weighted by molar-refractivity contribution is 7.47. The molecule has 0 aromatic rings. The highest BCUT2D eigenvalue weighted by Gasteiger charge is 2.30. The Labute approximate surface area is 653 Å². The van der Waals surface area contributed by atoms with Gasteiger partial charge in [0.2, 0.25) is 0 Å². The molecule has 0 radical (unpaired) electrons. The van der Waals surface area contributed by atoms with Crippen LogP contribution in [0.5, 0.6) is 0 Å². The van der Waals surface area contributed by atoms with Crippen molar-refractivity contribution in [1.82, 2.24) is 0 Å². The first-order chi connectivity index (χ1) is 52.7. The van der Waals surface area contributed by atoms with Crippen molar-refractivity contribution in [2.24, 2.45) is 0 Å². The number of carbonyl (C=O) groups excluding carboxylic acids is 4. The van der Waals surface area contributed by atoms with E-state index in [0.29, 0.717) is 38.5 Å². The summed E-state index contributed by atoms with van der Waals surface area (Å²) in [4.78, 5) is 73.1. The Bertz CT molecular complexity index is 2810. The third kappa shape index (κ3) is 78.0. The number of phosphoric ester groups is 2. The third-order valence-corrected chi connectivity index (χ3v) is 17.9. The van der Waals surface area contributed by atoms with Crippen LogP contribution >= 0.6 is 15.6 Å². The maximum absolute atomic E-state index is 13.1. The second-order valence-electron chi connectivity index (χ2n) is 26.2. The Morgan fingerprint density at radius 2 is 0.481 bits per heavy atom. The van der Waals surface area contributed by atoms with Crippen molar-refractivity contribution in [1.29, 1.82) is 0 Å². The van der Waals surface area contributed by atoms with Crippen molar-refractivity contribution < 1.29 is 80.2 Å². The molecule has 0 saturated carbocycles. The summed E-state index contributed by atoms with van der Waals surface area (Å²) in [6, 6.07) is 0. The number of rotatable bonds is 74. The zero-order chi connectivity index (χ0) is 78.9. The number of hydrogen-bond acceptors (Lipinski definition) is 15. The fourth-order valence-electron chi connectivity index (χ4n) is 9.94. The van der Waals surface area contributed by atoms with E-state index in [9.17, 15) is 43.2 Å². The van der Waals surface area contributed by atoms with E-state index in [2.05, 4.69) is 222 Å². The Hall–Kier alpha value is -6.10. The van der Waals surface area contributed by atoms with Crippen molar-refractivity contribution in [2.45, 2.75) is 303 Å². The number of ether oxygens (including phenoxy) is 4. The molecule has 0 saturated heterocycles. The van der Waals surface area contributed by atoms with E-state index >= 15 is 0 Å². The lowest BCUT2D eigenvalue weighted by molar-refractivity contribution is -0.161. The van der Waals surface area contributed by atoms with E-state index in [1.807, 2.05) is 0 Å². The zero-order valence-electron chi connectivity index (χ0n) is 66.7. The first kappa shape index (κ1) is 102. The van der Waals surface area contributed by atoms with Crippen LogP contribution in [0.25, 0.3) is 0 Å². The zero-order valence-corrected chi connectivity index (χ0v) is 68.5. The molecule has 0 aliphatic heterocycles. The van der Waals surface area contributed by atoms with Gasteiger partial charge in [0.1, 0.15) is 19.3 Å². The summed E-state index contributed by atoms with van der Waals surface area (Å²) < 4.78 is 68.6. The summed E-state index contributed by atoms with van der Waals surface area (Å²) in [6.07, 6.45) is 97.0. The van der Waals surface area contributed by atoms with Gasteiger partial charge in [-0.3, -0.25) is 37.3 Å². The monoisotopic (exact) mass is 1540 g/mol. The topological polar surface area (TPSA) is 237 Å². The molecule has 0 spiro atoms. The normalized spacial score (nSPS) is 14.8. The Morgan fingerprint density at radius 1 is 0.269 bits per heavy atom. The Morgan fingerprint density at radius 3 is 0.769 bits per heavy atom. The van der Waals surface area contributed by atoms with Gasteiger partial charge in [-0.1, -0.05) is 267 Å². The predicted molar refractivity (Wildman–Crippen MR) is 445 cm³/mol. The molecule has 0 aromatic carbocycles. The molecule has 0 heterocycles. The fourth-order valence-corrected chi connectivity index (χ4v) is 11.5. The van der Waals surface area contributed by atoms with Crippen molar-refractivity contribution in [2.75, 3.05) is 39.6 Å². The minimum Gasteiger partial charge on any atom is -0.462 e. The average Bonchev–Trinajstić information content (AvgIpc) is 0.923. The summed E-state index contributed by atoms with van der Waals surface area (Å²) in [7, 11) is -10.0. The molecule has 3 N–H and O–H groups in total. The van der Waals surface area contributed by atoms with Gasteiger partial charge in [-0.25, -0.2) is 9.13 Å². The summed E-state index contributed by atoms with van der Waals surface area (Å²) in [5, 5.41) is 10.7. The smallest absolute Gasteiger partial charge is 0.462 e. The molecule has 19 heteroatoms. The number of carbonyl (C=O) groups is 4. The van der Waals surface area contributed by atoms with E-state index < -0.39 is 97.5 Å². The molecule has 0 aliphatic rings. The molecule has 5 unspecified atom stereocenters. The van der Waals surface area contributed by atoms with E-state index in [-0.39, 0.29) is 25.7 Å². The number of esters is 4. The molecule has 0 bridgehead atoms. The molecule has 0 rings (SSSR count). The van der Waals surface area contributed by atoms with Crippen LogP contribution in [0, 0.1) is 0 Å². The minimum absolute atomic E-state index is 0.0256. The van der Waals surface area contributed by atoms with Crippen molar-refractivity contribution in [3.63, 3.8) is 0 Å². The molecule has 0 aromatic heterocycles. The van der Waals surface area contributed by atoms with Crippen LogP contribution in [0.3, 0.4) is 0 Å². The molecule has 108 heavy (non-hydrogen) atoms. The molecule has 5 atom stereocenters. The van der Waals surface area contributed by atoms with E-state index in [1.54, 1.807) is 0 Å². The van der Waals surface area contributed by atoms with Crippen molar-refractivity contribution >= 4 is 39.5 Å². The summed E-state index contributed by atoms with van der Waals surface area (Å²) in [6.45, 7) is 4.33. The van der Waals surface area contributed by atoms with Gasteiger partial charge in [0.05, 0.1) is 26.4 Å². The number of phosphoric acid groups is 2. The van der Waals surface area contributed by atoms with E-state index in [1.165, 1.54) is 19.3 Å². The van der Waals surface area contributed by atoms with Gasteiger partial charge in [-0.05, 0) is 186 Å². The Balaban J connectivity index is 5.49. The molecule has 0 aliphatic carbocycles. The van der Waals surface area contributed by atoms with Crippen LogP contribution < -0.4 is 0 Å². The highest BCUT2D eigenvalue weighted by Crippen LogP contribution is 2.45. The molecular weight excluding hydrogens is 1400 g/mol. The van der Waals surface area contributed by atoms with Crippen LogP contribution in [-0.2, 0) is 65.4 Å². The number of allylic oxidation sites excluding steroid dienone is 32. The number of aliphatic hydroxyl groups excluding tert-OH is 1. The van der Waals surface area contributed by atoms with Crippen LogP contribution in [0.2, 0.25) is 0 Å². The van der Waals surface area contributed by atoms with Crippen LogP contribution in [-0.4, -0.2) is 96.7 Å². The predicted octanol–water partition coefficient (Wildman–Crippen LogP) is 24.1. The minimum atomic E-state index is -5.01. The first-order valence-electron chi connectivity index (χ1n) is 40.7. The molecule has 0 amide bonds. The maximum Gasteiger partial charge on any atom is 0.472 e. The number of hydrogen-bond donors (Lipinski definition) is 3. The molecular formula is C89H142O17P2. The lowest BCUT2D eigenvalue weighted by atomic mass is 10.1. The van der Waals surface area contributed by atoms with Crippen molar-refractivity contribution in [3.8, 4) is 0 Å². The van der Waals surface area contributed by atoms with Crippen LogP contribution in [0.1, 0.15) is 285 Å². The van der Waals surface area contributed by atoms with Gasteiger partial charge in [-0.2, -0.15) is 0 Å². The first-order valence-corrected chi connectivity index (χ1v) is 43.7. The van der Waals surface area contributed by atoms with Gasteiger partial charge in [0, 0.05) is 25.7 Å². The van der Waals surface area contributed by atoms with E-state index in [0.717, 1.165) is 173 Å². The number of unbranched alkanes of at least 4 members (excludes halogenated alkanes) is 16. The van der Waals surface area contributed by atoms with Crippen LogP contribution in [0.15, 0.2) is 194 Å². The van der Waals surface area contributed by atoms with Gasteiger partial charge in [0.15, 0.2) is 12.2 Å². The second kappa shape index (κ2) is 79.0. The SMILES string of the molecule is CC/C=C\C/C=C\C/C=C\C/C=C\C/C=C\CCCCCC(=O)OCC(COP(=O)(O)OCC(O)COP(=O)(O)OCC(COC(=O)CCCCCCCC/C=C\C/C=C\C/C=C\CCCCC)OC(=O)CCCC/C=C\C/C=C\C/C=C\C/C=C\CC)OC(=O)CCCC/C=C\C/C=C\C/C=C\C/C=C\CC. The summed E-state index contributed by atoms with van der Waals surface area (Å²) in [5.41, 5.74) is 0. The van der Waals surface area contributed by atoms with Crippen LogP contribution in [0.4, 0.5) is 0 Å². The number of aliphatic hydroxyl groups is 1. The Kier molecular flexibility index (Phi) is 74.5. The molecule has 610 valence electrons. The lowest BCUT2D eigenvalue weighted by Crippen LogP contribution is -2.30. The summed E-state index contributed by atoms with van der Waals surface area (Å²) in [5.74, 6) is -2.34. The van der Waals surface area contributed by atoms with Gasteiger partial charge in [-0.15, -0.1) is 0 Å². The summed E-state index contributed by atoms with van der Waals surface area (Å²) >= 11 is 0. The highest BCUT2D eigenvalue weighted by atomic mass is 31.2. The maximum atomic E-state index is 13.1. The average molecular weight is 1550 g/mol. The van der Waals surface area contributed by atoms with Crippen molar-refractivity contribution in [3.05, 3.63) is 194 Å². The van der Waals surface area contributed by atoms with Gasteiger partial charge >= 0.3 is 39.5 Å². The van der Waals surface area contributed by atoms with E-state index in [4.69, 9.17) is 37.0 Å². The second-order valence-corrected chi connectivity index (χ2v) is 29.1. The molecule has 17 nitrogen and oxygen atoms in total. The standard InChI is InChI=1S/C89H142O17P2/c1-5-9-13-17-21-25-29-33-37-39-41-43-47-49-53-57-61-65-69-73-86(91)99-79-84(105-88(93)75-71-67-63-59-55-51-45-35-31-27-23-19-15-11-7-3)81-103-107(95,96)101-77-83(90)78-102-108(97,98)104-82-85(106-89(94)76-72-68-64-60-56-52-46-36-32-28-24-20-16-12-8-4)80-100-87(92)74-70-66-62-58-54-50-48-44-42-40-38-34-30-26-22-18-14-10-6-2/h9,11-13,15-16,21-28,33-38,41-46,49,53,55-56,59-60,83-85,90H,5-8,10,14,17-20,29-32,39-40,47-48,50-52,54,57-58,61-82H2,1-4H3,(H,95,96)(H,97,98)/b13-9-,15-11-,16-12-,25-21-,26-22-,27-23-,28-24-,37-33-,38-34-,43-41-,44-42-,45-35-,46-36-,53-49-,59-55-,60-56-. The van der Waals surface area contributed by atoms with Gasteiger partial charge < -0.3 is 33.8 Å². The van der Waals surface area contributed by atoms with Gasteiger partial charge in [0.25, 0.3) is 0 Å². The quantitative estimate of drug-likeness (QED) is 0.0169. The fraction of sp³-hybridized carbons (Fsp3) is 0.596. The molecule has 0 fully saturated rings. The lowest BCUT2D eigenvalue weighted by Gasteiger charge is -2.21.